The maximum Gasteiger partial charge on any atom is 0.247 e. The van der Waals surface area contributed by atoms with Gasteiger partial charge < -0.3 is 10.4 Å². The molecule has 4 heteroatoms. The van der Waals surface area contributed by atoms with Crippen molar-refractivity contribution in [3.05, 3.63) is 72.7 Å². The van der Waals surface area contributed by atoms with Gasteiger partial charge in [-0.3, -0.25) is 4.79 Å². The van der Waals surface area contributed by atoms with Gasteiger partial charge in [-0.15, -0.1) is 0 Å². The van der Waals surface area contributed by atoms with Gasteiger partial charge in [-0.25, -0.2) is 4.39 Å². The van der Waals surface area contributed by atoms with Gasteiger partial charge in [0.2, 0.25) is 5.91 Å². The molecule has 134 valence electrons. The van der Waals surface area contributed by atoms with Gasteiger partial charge in [0.25, 0.3) is 0 Å². The number of nitrogens with one attached hydrogen (secondary N) is 1. The van der Waals surface area contributed by atoms with Gasteiger partial charge >= 0.3 is 0 Å². The Morgan fingerprint density at radius 1 is 1.24 bits per heavy atom. The Balaban J connectivity index is 5.61. The second kappa shape index (κ2) is 12.7. The van der Waals surface area contributed by atoms with E-state index in [1.54, 1.807) is 18.2 Å². The molecule has 1 unspecified atom stereocenters. The Morgan fingerprint density at radius 2 is 1.84 bits per heavy atom. The maximum absolute atomic E-state index is 12.8. The number of halogens is 1. The zero-order valence-electron chi connectivity index (χ0n) is 14.9. The van der Waals surface area contributed by atoms with Crippen LogP contribution >= 0.6 is 0 Å². The van der Waals surface area contributed by atoms with Crippen molar-refractivity contribution >= 4 is 5.91 Å². The monoisotopic (exact) mass is 343 g/mol. The number of hydrogen-bond donors (Lipinski definition) is 2. The van der Waals surface area contributed by atoms with Crippen molar-refractivity contribution < 1.29 is 14.3 Å². The minimum Gasteiger partial charge on any atom is -0.395 e. The quantitative estimate of drug-likeness (QED) is 0.380. The molecule has 3 nitrogen and oxygen atoms in total. The summed E-state index contributed by atoms with van der Waals surface area (Å²) in [7, 11) is 0. The molecule has 0 aliphatic heterocycles. The summed E-state index contributed by atoms with van der Waals surface area (Å²) in [5.41, 5.74) is 1.56. The van der Waals surface area contributed by atoms with Crippen LogP contribution in [0.4, 0.5) is 4.39 Å². The number of carbonyl (C=O) groups is 1. The number of aliphatic hydroxyl groups excluding tert-OH is 1. The molecule has 0 aliphatic rings. The highest BCUT2D eigenvalue weighted by molar-refractivity contribution is 5.94. The van der Waals surface area contributed by atoms with Gasteiger partial charge in [-0.05, 0) is 24.5 Å². The normalized spacial score (nSPS) is 13.4. The van der Waals surface area contributed by atoms with Gasteiger partial charge in [0.1, 0.15) is 5.83 Å². The lowest BCUT2D eigenvalue weighted by Gasteiger charge is -2.13. The number of rotatable bonds is 9. The first kappa shape index (κ1) is 22.4. The van der Waals surface area contributed by atoms with Gasteiger partial charge in [-0.1, -0.05) is 63.7 Å². The fourth-order valence-corrected chi connectivity index (χ4v) is 1.75. The van der Waals surface area contributed by atoms with Crippen molar-refractivity contribution in [3.63, 3.8) is 0 Å². The molecule has 1 atom stereocenters. The molecule has 0 spiro atoms. The molecule has 0 bridgehead atoms. The second-order valence-corrected chi connectivity index (χ2v) is 5.24. The summed E-state index contributed by atoms with van der Waals surface area (Å²) in [4.78, 5) is 12.2. The van der Waals surface area contributed by atoms with Crippen molar-refractivity contribution in [3.8, 4) is 11.8 Å². The fourth-order valence-electron chi connectivity index (χ4n) is 1.75. The van der Waals surface area contributed by atoms with E-state index in [4.69, 9.17) is 5.11 Å². The summed E-state index contributed by atoms with van der Waals surface area (Å²) in [6, 6.07) is 0. The summed E-state index contributed by atoms with van der Waals surface area (Å²) in [5.74, 6) is 4.84. The highest BCUT2D eigenvalue weighted by Crippen LogP contribution is 2.15. The molecular weight excluding hydrogens is 317 g/mol. The summed E-state index contributed by atoms with van der Waals surface area (Å²) in [5, 5.41) is 11.5. The highest BCUT2D eigenvalue weighted by Gasteiger charge is 2.14. The number of carbonyl (C=O) groups excluding carboxylic acids is 1. The molecule has 0 aromatic carbocycles. The number of allylic oxidation sites excluding steroid dienone is 8. The fraction of sp³-hybridized carbons (Fsp3) is 0.286. The average molecular weight is 343 g/mol. The second-order valence-electron chi connectivity index (χ2n) is 5.24. The van der Waals surface area contributed by atoms with Crippen LogP contribution in [0.1, 0.15) is 20.3 Å². The van der Waals surface area contributed by atoms with Crippen LogP contribution in [0, 0.1) is 17.8 Å². The molecule has 0 radical (unpaired) electrons. The number of amides is 1. The maximum atomic E-state index is 12.8. The first-order valence-electron chi connectivity index (χ1n) is 8.03. The van der Waals surface area contributed by atoms with E-state index in [-0.39, 0.29) is 25.0 Å². The zero-order valence-corrected chi connectivity index (χ0v) is 14.9. The molecule has 0 heterocycles. The van der Waals surface area contributed by atoms with Crippen LogP contribution in [0.15, 0.2) is 72.7 Å². The first-order chi connectivity index (χ1) is 11.9. The zero-order chi connectivity index (χ0) is 19.2. The molecule has 0 rings (SSSR count). The van der Waals surface area contributed by atoms with E-state index in [1.165, 1.54) is 12.2 Å². The van der Waals surface area contributed by atoms with Crippen molar-refractivity contribution in [1.29, 1.82) is 0 Å². The third kappa shape index (κ3) is 9.29. The molecule has 0 fully saturated rings. The minimum absolute atomic E-state index is 0.0486. The van der Waals surface area contributed by atoms with Crippen LogP contribution in [-0.2, 0) is 4.79 Å². The topological polar surface area (TPSA) is 49.3 Å². The lowest BCUT2D eigenvalue weighted by atomic mass is 9.96. The first-order valence-corrected chi connectivity index (χ1v) is 8.03. The molecule has 0 aromatic heterocycles. The van der Waals surface area contributed by atoms with E-state index in [9.17, 15) is 9.18 Å². The van der Waals surface area contributed by atoms with E-state index in [0.717, 1.165) is 6.42 Å². The molecule has 0 saturated carbocycles. The standard InChI is InChI=1S/C21H26FNO2/c1-6-16(4)20(21(25)23-13-14-24)12-11-18(7-2)9-10-19(8-3)15-17(5)22/h7-8,11-12,15-16,24H,2-3,5-6,13-14H2,1,4H3,(H,23,25). The van der Waals surface area contributed by atoms with Crippen molar-refractivity contribution in [2.75, 3.05) is 13.2 Å². The van der Waals surface area contributed by atoms with E-state index < -0.39 is 5.83 Å². The van der Waals surface area contributed by atoms with Crippen LogP contribution in [0.5, 0.6) is 0 Å². The molecule has 0 aliphatic carbocycles. The van der Waals surface area contributed by atoms with Crippen LogP contribution in [-0.4, -0.2) is 24.2 Å². The number of aliphatic hydroxyl groups is 1. The largest absolute Gasteiger partial charge is 0.395 e. The van der Waals surface area contributed by atoms with E-state index >= 15 is 0 Å². The molecular formula is C21H26FNO2. The predicted molar refractivity (Wildman–Crippen MR) is 102 cm³/mol. The van der Waals surface area contributed by atoms with Gasteiger partial charge in [0.05, 0.1) is 6.61 Å². The molecule has 0 aromatic rings. The van der Waals surface area contributed by atoms with Gasteiger partial charge in [-0.2, -0.15) is 0 Å². The lowest BCUT2D eigenvalue weighted by molar-refractivity contribution is -0.118. The molecule has 2 N–H and O–H groups in total. The summed E-state index contributed by atoms with van der Waals surface area (Å²) in [6.45, 7) is 14.4. The Labute approximate surface area is 150 Å². The van der Waals surface area contributed by atoms with E-state index in [0.29, 0.717) is 16.7 Å². The average Bonchev–Trinajstić information content (AvgIpc) is 2.60. The van der Waals surface area contributed by atoms with Crippen LogP contribution in [0.3, 0.4) is 0 Å². The summed E-state index contributed by atoms with van der Waals surface area (Å²) < 4.78 is 12.8. The Hall–Kier alpha value is -2.64. The Bertz CT molecular complexity index is 657. The highest BCUT2D eigenvalue weighted by atomic mass is 19.1. The van der Waals surface area contributed by atoms with Gasteiger partial charge in [0.15, 0.2) is 0 Å². The van der Waals surface area contributed by atoms with Crippen molar-refractivity contribution in [2.45, 2.75) is 20.3 Å². The van der Waals surface area contributed by atoms with Crippen LogP contribution in [0.2, 0.25) is 0 Å². The smallest absolute Gasteiger partial charge is 0.247 e. The van der Waals surface area contributed by atoms with Crippen LogP contribution < -0.4 is 5.32 Å². The van der Waals surface area contributed by atoms with Gasteiger partial charge in [0, 0.05) is 23.3 Å². The molecule has 0 saturated heterocycles. The van der Waals surface area contributed by atoms with E-state index in [1.807, 2.05) is 13.8 Å². The SMILES string of the molecule is C=CC(C#CC(C=C)=CC(=C)F)=CC=C(C(=O)NCCO)C(C)CC. The summed E-state index contributed by atoms with van der Waals surface area (Å²) >= 11 is 0. The lowest BCUT2D eigenvalue weighted by Crippen LogP contribution is -2.29. The Kier molecular flexibility index (Phi) is 11.4. The third-order valence-corrected chi connectivity index (χ3v) is 3.35. The van der Waals surface area contributed by atoms with E-state index in [2.05, 4.69) is 36.9 Å². The minimum atomic E-state index is -0.604. The number of hydrogen-bond acceptors (Lipinski definition) is 2. The summed E-state index contributed by atoms with van der Waals surface area (Å²) in [6.07, 6.45) is 8.34. The van der Waals surface area contributed by atoms with Crippen molar-refractivity contribution in [1.82, 2.24) is 5.32 Å². The van der Waals surface area contributed by atoms with Crippen molar-refractivity contribution in [2.24, 2.45) is 5.92 Å². The Morgan fingerprint density at radius 3 is 2.32 bits per heavy atom. The third-order valence-electron chi connectivity index (χ3n) is 3.35. The van der Waals surface area contributed by atoms with Crippen LogP contribution in [0.25, 0.3) is 0 Å². The molecule has 25 heavy (non-hydrogen) atoms. The molecule has 1 amide bonds. The predicted octanol–water partition coefficient (Wildman–Crippen LogP) is 3.78.